The zero-order valence-electron chi connectivity index (χ0n) is 4.96. The summed E-state index contributed by atoms with van der Waals surface area (Å²) in [5, 5.41) is 8.47. The normalized spacial score (nSPS) is 8.56. The third-order valence-corrected chi connectivity index (χ3v) is 1.01. The molecule has 0 saturated carbocycles. The summed E-state index contributed by atoms with van der Waals surface area (Å²) in [5.74, 6) is 0. The molecule has 2 heteroatoms. The lowest BCUT2D eigenvalue weighted by Gasteiger charge is -1.88. The molecule has 1 rings (SSSR count). The van der Waals surface area contributed by atoms with Crippen LogP contribution in [0.5, 0.6) is 0 Å². The van der Waals surface area contributed by atoms with E-state index in [1.807, 2.05) is 6.07 Å². The smallest absolute Gasteiger partial charge is 0.0477 e. The number of rotatable bonds is 2. The number of hydrogen-bond acceptors (Lipinski definition) is 2. The molecule has 0 radical (unpaired) electrons. The van der Waals surface area contributed by atoms with Crippen LogP contribution in [-0.4, -0.2) is 16.7 Å². The van der Waals surface area contributed by atoms with Crippen molar-refractivity contribution in [1.82, 2.24) is 4.98 Å². The van der Waals surface area contributed by atoms with Crippen molar-refractivity contribution in [3.63, 3.8) is 0 Å². The summed E-state index contributed by atoms with van der Waals surface area (Å²) in [6, 6.07) is 4.59. The maximum atomic E-state index is 8.47. The molecule has 0 amide bonds. The van der Waals surface area contributed by atoms with Crippen molar-refractivity contribution < 1.29 is 5.11 Å². The SMILES string of the molecule is OCCc1c#cncc1. The van der Waals surface area contributed by atoms with Crippen LogP contribution in [0, 0.1) is 12.3 Å². The molecule has 0 spiro atoms. The highest BCUT2D eigenvalue weighted by molar-refractivity contribution is 5.03. The minimum atomic E-state index is 0.161. The lowest BCUT2D eigenvalue weighted by molar-refractivity contribution is 0.299. The van der Waals surface area contributed by atoms with Crippen LogP contribution in [0.3, 0.4) is 0 Å². The standard InChI is InChI=1S/C7H7NO/c9-6-3-7-1-4-8-5-2-7/h1,4,9H,3,6H2. The number of aliphatic hydroxyl groups is 1. The van der Waals surface area contributed by atoms with Crippen molar-refractivity contribution in [2.75, 3.05) is 6.61 Å². The van der Waals surface area contributed by atoms with E-state index in [0.717, 1.165) is 5.56 Å². The Morgan fingerprint density at radius 1 is 1.67 bits per heavy atom. The van der Waals surface area contributed by atoms with Gasteiger partial charge < -0.3 is 5.11 Å². The Balaban J connectivity index is 2.61. The molecule has 1 N–H and O–H groups in total. The molecular formula is C7H7NO. The fraction of sp³-hybridized carbons (Fsp3) is 0.286. The zero-order chi connectivity index (χ0) is 6.53. The molecule has 0 aliphatic carbocycles. The molecule has 0 atom stereocenters. The molecule has 0 aliphatic rings. The molecule has 9 heavy (non-hydrogen) atoms. The van der Waals surface area contributed by atoms with Crippen molar-refractivity contribution in [2.24, 2.45) is 0 Å². The van der Waals surface area contributed by atoms with Gasteiger partial charge in [-0.15, -0.1) is 0 Å². The Kier molecular flexibility index (Phi) is 2.06. The number of nitrogens with zero attached hydrogens (tertiary/aromatic N) is 1. The first-order chi connectivity index (χ1) is 4.43. The summed E-state index contributed by atoms with van der Waals surface area (Å²) in [6.45, 7) is 0.161. The molecule has 1 aromatic rings. The topological polar surface area (TPSA) is 33.1 Å². The fourth-order valence-corrected chi connectivity index (χ4v) is 0.577. The Hall–Kier alpha value is -1.07. The molecule has 0 unspecified atom stereocenters. The van der Waals surface area contributed by atoms with E-state index < -0.39 is 0 Å². The van der Waals surface area contributed by atoms with Crippen LogP contribution in [0.1, 0.15) is 5.56 Å². The van der Waals surface area contributed by atoms with Gasteiger partial charge >= 0.3 is 0 Å². The second-order valence-electron chi connectivity index (χ2n) is 1.68. The van der Waals surface area contributed by atoms with Crippen LogP contribution < -0.4 is 0 Å². The molecule has 0 fully saturated rings. The van der Waals surface area contributed by atoms with Gasteiger partial charge in [-0.1, -0.05) is 0 Å². The van der Waals surface area contributed by atoms with Gasteiger partial charge in [-0.25, -0.2) is 4.98 Å². The summed E-state index contributed by atoms with van der Waals surface area (Å²) in [5.41, 5.74) is 0.951. The summed E-state index contributed by atoms with van der Waals surface area (Å²) in [4.78, 5) is 3.67. The maximum Gasteiger partial charge on any atom is 0.0477 e. The van der Waals surface area contributed by atoms with E-state index in [-0.39, 0.29) is 6.61 Å². The van der Waals surface area contributed by atoms with Gasteiger partial charge in [0.25, 0.3) is 0 Å². The number of aliphatic hydroxyl groups excluding tert-OH is 1. The Labute approximate surface area is 54.2 Å². The van der Waals surface area contributed by atoms with Crippen LogP contribution in [0.25, 0.3) is 0 Å². The van der Waals surface area contributed by atoms with Gasteiger partial charge in [-0.2, -0.15) is 0 Å². The fourth-order valence-electron chi connectivity index (χ4n) is 0.577. The van der Waals surface area contributed by atoms with Crippen molar-refractivity contribution in [1.29, 1.82) is 0 Å². The molecular weight excluding hydrogens is 114 g/mol. The summed E-state index contributed by atoms with van der Waals surface area (Å²) in [6.07, 6.45) is 4.84. The van der Waals surface area contributed by atoms with E-state index in [9.17, 15) is 0 Å². The maximum absolute atomic E-state index is 8.47. The predicted molar refractivity (Wildman–Crippen MR) is 32.7 cm³/mol. The highest BCUT2D eigenvalue weighted by Gasteiger charge is 1.85. The zero-order valence-corrected chi connectivity index (χ0v) is 4.96. The third-order valence-electron chi connectivity index (χ3n) is 1.01. The largest absolute Gasteiger partial charge is 0.396 e. The first kappa shape index (κ1) is 6.06. The first-order valence-corrected chi connectivity index (χ1v) is 2.77. The van der Waals surface area contributed by atoms with Gasteiger partial charge in [-0.05, 0) is 12.1 Å². The van der Waals surface area contributed by atoms with Crippen LogP contribution >= 0.6 is 0 Å². The van der Waals surface area contributed by atoms with Gasteiger partial charge in [0.2, 0.25) is 0 Å². The van der Waals surface area contributed by atoms with Crippen LogP contribution in [0.4, 0.5) is 0 Å². The van der Waals surface area contributed by atoms with Gasteiger partial charge in [-0.3, -0.25) is 0 Å². The molecule has 46 valence electrons. The quantitative estimate of drug-likeness (QED) is 0.607. The van der Waals surface area contributed by atoms with E-state index in [1.54, 1.807) is 6.20 Å². The molecule has 1 aromatic heterocycles. The second kappa shape index (κ2) is 3.06. The Morgan fingerprint density at radius 3 is 3.11 bits per heavy atom. The number of hydrogen-bond donors (Lipinski definition) is 1. The van der Waals surface area contributed by atoms with E-state index in [1.165, 1.54) is 0 Å². The molecule has 0 bridgehead atoms. The van der Waals surface area contributed by atoms with E-state index in [0.29, 0.717) is 6.42 Å². The summed E-state index contributed by atoms with van der Waals surface area (Å²) < 4.78 is 0. The van der Waals surface area contributed by atoms with E-state index in [4.69, 9.17) is 5.11 Å². The van der Waals surface area contributed by atoms with E-state index >= 15 is 0 Å². The van der Waals surface area contributed by atoms with Gasteiger partial charge in [0.1, 0.15) is 0 Å². The average molecular weight is 121 g/mol. The minimum absolute atomic E-state index is 0.161. The summed E-state index contributed by atoms with van der Waals surface area (Å²) in [7, 11) is 0. The van der Waals surface area contributed by atoms with Crippen LogP contribution in [0.15, 0.2) is 12.3 Å². The Bertz CT molecular complexity index is 162. The van der Waals surface area contributed by atoms with Crippen LogP contribution in [0.2, 0.25) is 0 Å². The highest BCUT2D eigenvalue weighted by atomic mass is 16.2. The van der Waals surface area contributed by atoms with Crippen LogP contribution in [-0.2, 0) is 6.42 Å². The third kappa shape index (κ3) is 1.71. The van der Waals surface area contributed by atoms with Crippen molar-refractivity contribution >= 4 is 0 Å². The Morgan fingerprint density at radius 2 is 2.56 bits per heavy atom. The predicted octanol–water partition coefficient (Wildman–Crippen LogP) is 0.217. The molecule has 1 heterocycles. The van der Waals surface area contributed by atoms with Gasteiger partial charge in [0, 0.05) is 31.0 Å². The molecule has 0 saturated heterocycles. The van der Waals surface area contributed by atoms with Crippen molar-refractivity contribution in [3.8, 4) is 0 Å². The van der Waals surface area contributed by atoms with Gasteiger partial charge in [0.15, 0.2) is 0 Å². The number of aromatic nitrogens is 1. The summed E-state index contributed by atoms with van der Waals surface area (Å²) >= 11 is 0. The molecule has 2 nitrogen and oxygen atoms in total. The lowest BCUT2D eigenvalue weighted by Crippen LogP contribution is -1.87. The average Bonchev–Trinajstić information content (AvgIpc) is 1.91. The second-order valence-corrected chi connectivity index (χ2v) is 1.68. The van der Waals surface area contributed by atoms with Crippen molar-refractivity contribution in [2.45, 2.75) is 6.42 Å². The van der Waals surface area contributed by atoms with E-state index in [2.05, 4.69) is 17.2 Å². The first-order valence-electron chi connectivity index (χ1n) is 2.77. The van der Waals surface area contributed by atoms with Crippen molar-refractivity contribution in [3.05, 3.63) is 30.1 Å². The molecule has 0 aliphatic heterocycles. The molecule has 0 aromatic carbocycles. The van der Waals surface area contributed by atoms with Gasteiger partial charge in [0.05, 0.1) is 0 Å². The minimum Gasteiger partial charge on any atom is -0.396 e. The highest BCUT2D eigenvalue weighted by Crippen LogP contribution is 1.90. The monoisotopic (exact) mass is 121 g/mol. The lowest BCUT2D eigenvalue weighted by atomic mass is 10.2.